The maximum atomic E-state index is 12.6. The minimum atomic E-state index is -4.58. The van der Waals surface area contributed by atoms with Crippen molar-refractivity contribution >= 4 is 6.09 Å². The number of hydrogen-bond donors (Lipinski definition) is 1. The summed E-state index contributed by atoms with van der Waals surface area (Å²) in [5.41, 5.74) is 3.82. The first kappa shape index (κ1) is 14.8. The highest BCUT2D eigenvalue weighted by Gasteiger charge is 2.33. The number of amides is 1. The Hall–Kier alpha value is -2.65. The number of halogens is 3. The van der Waals surface area contributed by atoms with Gasteiger partial charge in [-0.05, 0) is 19.1 Å². The Morgan fingerprint density at radius 1 is 1.48 bits per heavy atom. The fourth-order valence-corrected chi connectivity index (χ4v) is 1.47. The minimum Gasteiger partial charge on any atom is -0.437 e. The molecule has 0 aliphatic carbocycles. The fraction of sp³-hybridized carbons (Fsp3) is 0.273. The summed E-state index contributed by atoms with van der Waals surface area (Å²) in [5, 5.41) is 3.52. The molecule has 2 N–H and O–H groups in total. The van der Waals surface area contributed by atoms with Crippen molar-refractivity contribution in [2.45, 2.75) is 19.2 Å². The third kappa shape index (κ3) is 3.46. The number of alkyl halides is 3. The van der Waals surface area contributed by atoms with Crippen LogP contribution < -0.4 is 5.73 Å². The molecule has 0 unspecified atom stereocenters. The van der Waals surface area contributed by atoms with Crippen LogP contribution in [0.2, 0.25) is 0 Å². The number of aromatic nitrogens is 3. The van der Waals surface area contributed by atoms with Crippen molar-refractivity contribution < 1.29 is 27.2 Å². The molecule has 0 spiro atoms. The van der Waals surface area contributed by atoms with Crippen molar-refractivity contribution in [1.29, 1.82) is 0 Å². The number of nitrogens with two attached hydrogens (primary N) is 1. The van der Waals surface area contributed by atoms with Gasteiger partial charge < -0.3 is 15.0 Å². The van der Waals surface area contributed by atoms with E-state index in [0.717, 1.165) is 12.3 Å². The van der Waals surface area contributed by atoms with Crippen LogP contribution in [-0.4, -0.2) is 21.2 Å². The first-order chi connectivity index (χ1) is 9.77. The van der Waals surface area contributed by atoms with Crippen LogP contribution in [0.3, 0.4) is 0 Å². The van der Waals surface area contributed by atoms with E-state index in [-0.39, 0.29) is 17.3 Å². The number of primary amides is 1. The van der Waals surface area contributed by atoms with Gasteiger partial charge in [0.15, 0.2) is 6.10 Å². The maximum Gasteiger partial charge on any atom is 0.433 e. The van der Waals surface area contributed by atoms with Crippen molar-refractivity contribution in [1.82, 2.24) is 15.1 Å². The predicted molar refractivity (Wildman–Crippen MR) is 61.6 cm³/mol. The molecular weight excluding hydrogens is 293 g/mol. The molecule has 2 aromatic rings. The minimum absolute atomic E-state index is 0.0681. The highest BCUT2D eigenvalue weighted by molar-refractivity contribution is 5.64. The van der Waals surface area contributed by atoms with E-state index in [1.54, 1.807) is 0 Å². The number of carbonyl (C=O) groups excluding carboxylic acids is 1. The lowest BCUT2D eigenvalue weighted by Gasteiger charge is -2.05. The lowest BCUT2D eigenvalue weighted by atomic mass is 10.2. The lowest BCUT2D eigenvalue weighted by molar-refractivity contribution is -0.141. The molecule has 0 radical (unpaired) electrons. The Morgan fingerprint density at radius 2 is 2.19 bits per heavy atom. The quantitative estimate of drug-likeness (QED) is 0.932. The van der Waals surface area contributed by atoms with Crippen molar-refractivity contribution in [2.75, 3.05) is 0 Å². The molecule has 2 aromatic heterocycles. The number of ether oxygens (including phenoxy) is 1. The van der Waals surface area contributed by atoms with Gasteiger partial charge >= 0.3 is 12.3 Å². The molecule has 1 amide bonds. The zero-order valence-corrected chi connectivity index (χ0v) is 10.6. The van der Waals surface area contributed by atoms with Gasteiger partial charge in [0, 0.05) is 11.8 Å². The van der Waals surface area contributed by atoms with Gasteiger partial charge in [-0.25, -0.2) is 4.79 Å². The van der Waals surface area contributed by atoms with Crippen LogP contribution in [0.4, 0.5) is 18.0 Å². The zero-order valence-electron chi connectivity index (χ0n) is 10.6. The van der Waals surface area contributed by atoms with Gasteiger partial charge in [-0.3, -0.25) is 4.98 Å². The number of hydrogen-bond acceptors (Lipinski definition) is 6. The summed E-state index contributed by atoms with van der Waals surface area (Å²) >= 11 is 0. The van der Waals surface area contributed by atoms with Crippen LogP contribution in [-0.2, 0) is 10.9 Å². The van der Waals surface area contributed by atoms with Crippen molar-refractivity contribution in [3.8, 4) is 11.4 Å². The van der Waals surface area contributed by atoms with Gasteiger partial charge in [-0.15, -0.1) is 0 Å². The Labute approximate surface area is 115 Å². The molecule has 112 valence electrons. The first-order valence-corrected chi connectivity index (χ1v) is 5.60. The number of rotatable bonds is 3. The zero-order chi connectivity index (χ0) is 15.6. The molecule has 1 atom stereocenters. The second-order valence-electron chi connectivity index (χ2n) is 3.96. The number of nitrogens with zero attached hydrogens (tertiary/aromatic N) is 3. The third-order valence-electron chi connectivity index (χ3n) is 2.39. The van der Waals surface area contributed by atoms with E-state index in [4.69, 9.17) is 10.3 Å². The number of pyridine rings is 1. The molecule has 0 saturated carbocycles. The second kappa shape index (κ2) is 5.38. The van der Waals surface area contributed by atoms with Gasteiger partial charge in [0.2, 0.25) is 5.82 Å². The topological polar surface area (TPSA) is 104 Å². The van der Waals surface area contributed by atoms with Gasteiger partial charge in [-0.1, -0.05) is 5.16 Å². The fourth-order valence-electron chi connectivity index (χ4n) is 1.47. The number of carbonyl (C=O) groups is 1. The van der Waals surface area contributed by atoms with E-state index in [9.17, 15) is 18.0 Å². The van der Waals surface area contributed by atoms with Gasteiger partial charge in [0.05, 0.1) is 0 Å². The molecule has 0 aromatic carbocycles. The van der Waals surface area contributed by atoms with Crippen LogP contribution in [0.15, 0.2) is 22.9 Å². The molecule has 21 heavy (non-hydrogen) atoms. The SMILES string of the molecule is C[C@@H](OC(N)=O)c1nc(-c2ccnc(C(F)(F)F)c2)no1. The van der Waals surface area contributed by atoms with E-state index in [1.807, 2.05) is 0 Å². The third-order valence-corrected chi connectivity index (χ3v) is 2.39. The Balaban J connectivity index is 2.28. The van der Waals surface area contributed by atoms with Crippen LogP contribution in [0.25, 0.3) is 11.4 Å². The highest BCUT2D eigenvalue weighted by atomic mass is 19.4. The van der Waals surface area contributed by atoms with Crippen LogP contribution >= 0.6 is 0 Å². The summed E-state index contributed by atoms with van der Waals surface area (Å²) in [6.45, 7) is 1.43. The molecule has 0 saturated heterocycles. The molecule has 0 aliphatic heterocycles. The van der Waals surface area contributed by atoms with Crippen LogP contribution in [0, 0.1) is 0 Å². The van der Waals surface area contributed by atoms with Crippen LogP contribution in [0.5, 0.6) is 0 Å². The van der Waals surface area contributed by atoms with E-state index in [1.165, 1.54) is 13.0 Å². The molecule has 0 bridgehead atoms. The van der Waals surface area contributed by atoms with E-state index >= 15 is 0 Å². The molecule has 10 heteroatoms. The van der Waals surface area contributed by atoms with Gasteiger partial charge in [-0.2, -0.15) is 18.2 Å². The molecular formula is C11H9F3N4O3. The molecule has 0 aliphatic rings. The summed E-state index contributed by atoms with van der Waals surface area (Å²) in [4.78, 5) is 17.7. The predicted octanol–water partition coefficient (Wildman–Crippen LogP) is 2.31. The van der Waals surface area contributed by atoms with Gasteiger partial charge in [0.1, 0.15) is 5.69 Å². The van der Waals surface area contributed by atoms with E-state index in [2.05, 4.69) is 19.9 Å². The average Bonchev–Trinajstić information content (AvgIpc) is 2.86. The molecule has 2 rings (SSSR count). The average molecular weight is 302 g/mol. The Morgan fingerprint density at radius 3 is 2.81 bits per heavy atom. The van der Waals surface area contributed by atoms with E-state index in [0.29, 0.717) is 0 Å². The normalized spacial score (nSPS) is 13.0. The molecule has 0 fully saturated rings. The van der Waals surface area contributed by atoms with E-state index < -0.39 is 24.1 Å². The van der Waals surface area contributed by atoms with Crippen molar-refractivity contribution in [3.05, 3.63) is 29.9 Å². The largest absolute Gasteiger partial charge is 0.437 e. The van der Waals surface area contributed by atoms with Gasteiger partial charge in [0.25, 0.3) is 5.89 Å². The summed E-state index contributed by atoms with van der Waals surface area (Å²) in [5.74, 6) is -0.174. The smallest absolute Gasteiger partial charge is 0.433 e. The Bertz CT molecular complexity index is 656. The van der Waals surface area contributed by atoms with Crippen molar-refractivity contribution in [3.63, 3.8) is 0 Å². The van der Waals surface area contributed by atoms with Crippen molar-refractivity contribution in [2.24, 2.45) is 5.73 Å². The standard InChI is InChI=1S/C11H9F3N4O3/c1-5(20-10(15)19)9-17-8(18-21-9)6-2-3-16-7(4-6)11(12,13)14/h2-5H,1H3,(H2,15,19)/t5-/m1/s1. The summed E-state index contributed by atoms with van der Waals surface area (Å²) in [7, 11) is 0. The first-order valence-electron chi connectivity index (χ1n) is 5.60. The molecule has 7 nitrogen and oxygen atoms in total. The monoisotopic (exact) mass is 302 g/mol. The molecule has 2 heterocycles. The summed E-state index contributed by atoms with van der Waals surface area (Å²) < 4.78 is 47.1. The summed E-state index contributed by atoms with van der Waals surface area (Å²) in [6.07, 6.45) is -5.54. The highest BCUT2D eigenvalue weighted by Crippen LogP contribution is 2.30. The second-order valence-corrected chi connectivity index (χ2v) is 3.96. The lowest BCUT2D eigenvalue weighted by Crippen LogP contribution is -2.15. The summed E-state index contributed by atoms with van der Waals surface area (Å²) in [6, 6.07) is 2.08. The van der Waals surface area contributed by atoms with Crippen LogP contribution in [0.1, 0.15) is 24.6 Å². The maximum absolute atomic E-state index is 12.6. The Kier molecular flexibility index (Phi) is 3.78.